The molecule has 6 heteroatoms. The largest absolute Gasteiger partial charge is 0.380 e. The van der Waals surface area contributed by atoms with Crippen molar-refractivity contribution in [3.05, 3.63) is 0 Å². The van der Waals surface area contributed by atoms with Crippen molar-refractivity contribution in [3.63, 3.8) is 0 Å². The molecule has 0 heterocycles. The van der Waals surface area contributed by atoms with Crippen LogP contribution in [0.2, 0.25) is 0 Å². The van der Waals surface area contributed by atoms with Gasteiger partial charge in [-0.3, -0.25) is 0 Å². The molecule has 0 aromatic carbocycles. The second-order valence-corrected chi connectivity index (χ2v) is 5.32. The molecule has 0 rings (SSSR count). The fourth-order valence-corrected chi connectivity index (χ4v) is 1.51. The number of nitrogens with two attached hydrogens (primary N) is 2. The van der Waals surface area contributed by atoms with Crippen molar-refractivity contribution in [3.8, 4) is 0 Å². The van der Waals surface area contributed by atoms with Crippen LogP contribution < -0.4 is 11.5 Å². The minimum Gasteiger partial charge on any atom is -0.380 e. The van der Waals surface area contributed by atoms with E-state index in [1.807, 2.05) is 28.2 Å². The molecule has 2 unspecified atom stereocenters. The highest BCUT2D eigenvalue weighted by molar-refractivity contribution is 4.74. The number of ether oxygens (including phenoxy) is 2. The highest BCUT2D eigenvalue weighted by Gasteiger charge is 2.16. The third kappa shape index (κ3) is 11.3. The van der Waals surface area contributed by atoms with Gasteiger partial charge in [-0.05, 0) is 34.6 Å². The maximum atomic E-state index is 6.08. The van der Waals surface area contributed by atoms with E-state index in [2.05, 4.69) is 9.80 Å². The summed E-state index contributed by atoms with van der Waals surface area (Å²) in [7, 11) is 8.08. The molecule has 0 saturated heterocycles. The fourth-order valence-electron chi connectivity index (χ4n) is 1.51. The van der Waals surface area contributed by atoms with Gasteiger partial charge in [-0.1, -0.05) is 0 Å². The smallest absolute Gasteiger partial charge is 0.0849 e. The lowest BCUT2D eigenvalue weighted by atomic mass is 10.1. The Labute approximate surface area is 118 Å². The highest BCUT2D eigenvalue weighted by atomic mass is 16.5. The quantitative estimate of drug-likeness (QED) is 0.454. The van der Waals surface area contributed by atoms with Crippen molar-refractivity contribution in [2.75, 3.05) is 67.6 Å². The summed E-state index contributed by atoms with van der Waals surface area (Å²) in [5.41, 5.74) is 11.8. The van der Waals surface area contributed by atoms with Gasteiger partial charge in [-0.25, -0.2) is 0 Å². The van der Waals surface area contributed by atoms with Crippen molar-refractivity contribution in [1.82, 2.24) is 9.80 Å². The highest BCUT2D eigenvalue weighted by Crippen LogP contribution is 2.01. The van der Waals surface area contributed by atoms with Crippen LogP contribution in [0.1, 0.15) is 6.42 Å². The van der Waals surface area contributed by atoms with E-state index >= 15 is 0 Å². The molecule has 0 saturated carbocycles. The van der Waals surface area contributed by atoms with Gasteiger partial charge in [-0.2, -0.15) is 0 Å². The number of nitrogens with zero attached hydrogens (tertiary/aromatic N) is 2. The molecule has 0 aliphatic carbocycles. The van der Waals surface area contributed by atoms with Crippen LogP contribution in [0.15, 0.2) is 0 Å². The molecule has 0 aliphatic heterocycles. The van der Waals surface area contributed by atoms with Crippen LogP contribution in [0, 0.1) is 0 Å². The number of hydrogen-bond donors (Lipinski definition) is 2. The maximum Gasteiger partial charge on any atom is 0.0849 e. The zero-order chi connectivity index (χ0) is 14.7. The first-order chi connectivity index (χ1) is 8.97. The lowest BCUT2D eigenvalue weighted by Crippen LogP contribution is -2.43. The number of hydrogen-bond acceptors (Lipinski definition) is 6. The maximum absolute atomic E-state index is 6.08. The summed E-state index contributed by atoms with van der Waals surface area (Å²) in [5.74, 6) is 0. The summed E-state index contributed by atoms with van der Waals surface area (Å²) >= 11 is 0. The average molecular weight is 276 g/mol. The standard InChI is InChI=1S/C13H32N4O2/c1-16(2)6-9-18-8-5-12(15)13(11-14)19-10-7-17(3)4/h12-13H,5-11,14-15H2,1-4H3. The zero-order valence-electron chi connectivity index (χ0n) is 13.0. The van der Waals surface area contributed by atoms with Gasteiger partial charge in [0.15, 0.2) is 0 Å². The molecule has 116 valence electrons. The molecule has 4 N–H and O–H groups in total. The van der Waals surface area contributed by atoms with Crippen molar-refractivity contribution in [1.29, 1.82) is 0 Å². The normalized spacial score (nSPS) is 15.2. The Morgan fingerprint density at radius 3 is 2.05 bits per heavy atom. The Morgan fingerprint density at radius 1 is 0.947 bits per heavy atom. The molecule has 0 spiro atoms. The SMILES string of the molecule is CN(C)CCOCCC(N)C(CN)OCCN(C)C. The van der Waals surface area contributed by atoms with Crippen molar-refractivity contribution < 1.29 is 9.47 Å². The van der Waals surface area contributed by atoms with E-state index in [1.165, 1.54) is 0 Å². The van der Waals surface area contributed by atoms with Crippen LogP contribution in [0.3, 0.4) is 0 Å². The van der Waals surface area contributed by atoms with E-state index in [-0.39, 0.29) is 12.1 Å². The first-order valence-corrected chi connectivity index (χ1v) is 6.91. The molecule has 0 aromatic heterocycles. The number of likely N-dealkylation sites (N-methyl/N-ethyl adjacent to an activating group) is 2. The minimum absolute atomic E-state index is 0.0634. The van der Waals surface area contributed by atoms with Crippen molar-refractivity contribution in [2.45, 2.75) is 18.6 Å². The van der Waals surface area contributed by atoms with Crippen LogP contribution in [-0.2, 0) is 9.47 Å². The van der Waals surface area contributed by atoms with Gasteiger partial charge >= 0.3 is 0 Å². The summed E-state index contributed by atoms with van der Waals surface area (Å²) < 4.78 is 11.2. The molecule has 19 heavy (non-hydrogen) atoms. The van der Waals surface area contributed by atoms with Crippen molar-refractivity contribution >= 4 is 0 Å². The Hall–Kier alpha value is -0.240. The molecule has 0 aliphatic rings. The molecule has 0 amide bonds. The molecule has 0 aromatic rings. The molecular weight excluding hydrogens is 244 g/mol. The van der Waals surface area contributed by atoms with Crippen molar-refractivity contribution in [2.24, 2.45) is 11.5 Å². The van der Waals surface area contributed by atoms with Gasteiger partial charge in [0, 0.05) is 32.3 Å². The summed E-state index contributed by atoms with van der Waals surface area (Å²) in [5, 5.41) is 0. The van der Waals surface area contributed by atoms with Crippen LogP contribution in [0.5, 0.6) is 0 Å². The van der Waals surface area contributed by atoms with Crippen LogP contribution in [0.25, 0.3) is 0 Å². The van der Waals surface area contributed by atoms with E-state index in [4.69, 9.17) is 20.9 Å². The average Bonchev–Trinajstić information content (AvgIpc) is 2.33. The minimum atomic E-state index is -0.0857. The van der Waals surface area contributed by atoms with Crippen LogP contribution >= 0.6 is 0 Å². The van der Waals surface area contributed by atoms with E-state index < -0.39 is 0 Å². The molecular formula is C13H32N4O2. The second-order valence-electron chi connectivity index (χ2n) is 5.32. The third-order valence-electron chi connectivity index (χ3n) is 2.86. The van der Waals surface area contributed by atoms with Gasteiger partial charge in [0.05, 0.1) is 19.3 Å². The lowest BCUT2D eigenvalue weighted by molar-refractivity contribution is 0.0224. The number of rotatable bonds is 12. The van der Waals surface area contributed by atoms with Gasteiger partial charge < -0.3 is 30.7 Å². The van der Waals surface area contributed by atoms with E-state index in [0.29, 0.717) is 19.8 Å². The monoisotopic (exact) mass is 276 g/mol. The van der Waals surface area contributed by atoms with Crippen LogP contribution in [0.4, 0.5) is 0 Å². The summed E-state index contributed by atoms with van der Waals surface area (Å²) in [6.07, 6.45) is 0.689. The van der Waals surface area contributed by atoms with E-state index in [1.54, 1.807) is 0 Å². The third-order valence-corrected chi connectivity index (χ3v) is 2.86. The zero-order valence-corrected chi connectivity index (χ0v) is 13.0. The van der Waals surface area contributed by atoms with Gasteiger partial charge in [0.2, 0.25) is 0 Å². The molecule has 6 nitrogen and oxygen atoms in total. The fraction of sp³-hybridized carbons (Fsp3) is 1.00. The summed E-state index contributed by atoms with van der Waals surface area (Å²) in [6.45, 7) is 4.30. The lowest BCUT2D eigenvalue weighted by Gasteiger charge is -2.24. The Morgan fingerprint density at radius 2 is 1.53 bits per heavy atom. The van der Waals surface area contributed by atoms with Gasteiger partial charge in [0.1, 0.15) is 0 Å². The first kappa shape index (κ1) is 18.8. The predicted octanol–water partition coefficient (Wildman–Crippen LogP) is -0.812. The summed E-state index contributed by atoms with van der Waals surface area (Å²) in [6, 6.07) is -0.0634. The molecule has 2 atom stereocenters. The van der Waals surface area contributed by atoms with Gasteiger partial charge in [0.25, 0.3) is 0 Å². The molecule has 0 radical (unpaired) electrons. The van der Waals surface area contributed by atoms with E-state index in [9.17, 15) is 0 Å². The van der Waals surface area contributed by atoms with E-state index in [0.717, 1.165) is 26.1 Å². The molecule has 0 fully saturated rings. The Bertz CT molecular complexity index is 203. The summed E-state index contributed by atoms with van der Waals surface area (Å²) in [4.78, 5) is 4.16. The second kappa shape index (κ2) is 11.6. The molecule has 0 bridgehead atoms. The van der Waals surface area contributed by atoms with Gasteiger partial charge in [-0.15, -0.1) is 0 Å². The Kier molecular flexibility index (Phi) is 11.4. The first-order valence-electron chi connectivity index (χ1n) is 6.91. The topological polar surface area (TPSA) is 77.0 Å². The predicted molar refractivity (Wildman–Crippen MR) is 79.3 cm³/mol. The Balaban J connectivity index is 3.66. The van der Waals surface area contributed by atoms with Crippen LogP contribution in [-0.4, -0.2) is 89.6 Å².